The van der Waals surface area contributed by atoms with E-state index in [0.29, 0.717) is 11.2 Å². The zero-order valence-electron chi connectivity index (χ0n) is 9.96. The molecule has 0 fully saturated rings. The minimum atomic E-state index is -0.972. The first-order valence-electron chi connectivity index (χ1n) is 5.37. The normalized spacial score (nSPS) is 12.4. The van der Waals surface area contributed by atoms with E-state index in [9.17, 15) is 9.18 Å². The smallest absolute Gasteiger partial charge is 0.326 e. The highest BCUT2D eigenvalue weighted by Gasteiger charge is 2.20. The van der Waals surface area contributed by atoms with Crippen LogP contribution in [0.25, 0.3) is 10.9 Å². The molecule has 1 N–H and O–H groups in total. The number of halogens is 1. The van der Waals surface area contributed by atoms with Crippen LogP contribution in [-0.2, 0) is 4.79 Å². The molecule has 5 nitrogen and oxygen atoms in total. The lowest BCUT2D eigenvalue weighted by atomic mass is 10.2. The number of hydrogen-bond acceptors (Lipinski definition) is 4. The first-order valence-corrected chi connectivity index (χ1v) is 5.37. The minimum absolute atomic E-state index is 0.187. The number of hydrogen-bond donors (Lipinski definition) is 1. The van der Waals surface area contributed by atoms with Gasteiger partial charge in [-0.15, -0.1) is 0 Å². The summed E-state index contributed by atoms with van der Waals surface area (Å²) in [5.74, 6) is -1.03. The van der Waals surface area contributed by atoms with Crippen molar-refractivity contribution in [3.05, 3.63) is 30.3 Å². The molecule has 1 aromatic carbocycles. The van der Waals surface area contributed by atoms with Crippen molar-refractivity contribution in [1.82, 2.24) is 9.97 Å². The van der Waals surface area contributed by atoms with Gasteiger partial charge in [0, 0.05) is 12.4 Å². The second-order valence-corrected chi connectivity index (χ2v) is 3.96. The molecule has 0 radical (unpaired) electrons. The van der Waals surface area contributed by atoms with Crippen molar-refractivity contribution in [2.75, 3.05) is 11.9 Å². The van der Waals surface area contributed by atoms with Crippen LogP contribution in [0.3, 0.4) is 0 Å². The lowest BCUT2D eigenvalue weighted by Crippen LogP contribution is -2.36. The number of carboxylic acid groups (broad SMARTS) is 1. The van der Waals surface area contributed by atoms with E-state index >= 15 is 0 Å². The SMILES string of the molecule is CC(C(=O)O)N(C)c1ncnc2c(F)cccc12. The molecule has 94 valence electrons. The molecule has 1 unspecified atom stereocenters. The van der Waals surface area contributed by atoms with Crippen LogP contribution < -0.4 is 4.90 Å². The summed E-state index contributed by atoms with van der Waals surface area (Å²) < 4.78 is 13.6. The standard InChI is InChI=1S/C12H12FN3O2/c1-7(12(17)18)16(2)11-8-4-3-5-9(13)10(8)14-6-15-11/h3-7H,1-2H3,(H,17,18). The number of nitrogens with zero attached hydrogens (tertiary/aromatic N) is 3. The Kier molecular flexibility index (Phi) is 3.10. The van der Waals surface area contributed by atoms with Gasteiger partial charge in [0.1, 0.15) is 29.5 Å². The Hall–Kier alpha value is -2.24. The molecule has 0 saturated carbocycles. The zero-order valence-corrected chi connectivity index (χ0v) is 9.96. The molecule has 18 heavy (non-hydrogen) atoms. The number of rotatable bonds is 3. The first-order chi connectivity index (χ1) is 8.52. The Balaban J connectivity index is 2.58. The monoisotopic (exact) mass is 249 g/mol. The summed E-state index contributed by atoms with van der Waals surface area (Å²) in [5, 5.41) is 9.47. The number of aromatic nitrogens is 2. The predicted octanol–water partition coefficient (Wildman–Crippen LogP) is 1.68. The summed E-state index contributed by atoms with van der Waals surface area (Å²) in [5.41, 5.74) is 0.187. The summed E-state index contributed by atoms with van der Waals surface area (Å²) in [6.45, 7) is 1.54. The maximum atomic E-state index is 13.6. The van der Waals surface area contributed by atoms with E-state index < -0.39 is 17.8 Å². The highest BCUT2D eigenvalue weighted by molar-refractivity contribution is 5.91. The summed E-state index contributed by atoms with van der Waals surface area (Å²) in [4.78, 5) is 20.3. The molecule has 2 rings (SSSR count). The quantitative estimate of drug-likeness (QED) is 0.896. The second kappa shape index (κ2) is 4.56. The van der Waals surface area contributed by atoms with Crippen LogP contribution >= 0.6 is 0 Å². The largest absolute Gasteiger partial charge is 0.480 e. The van der Waals surface area contributed by atoms with Crippen LogP contribution in [0.1, 0.15) is 6.92 Å². The summed E-state index contributed by atoms with van der Waals surface area (Å²) in [7, 11) is 1.60. The lowest BCUT2D eigenvalue weighted by Gasteiger charge is -2.23. The Morgan fingerprint density at radius 2 is 2.17 bits per heavy atom. The van der Waals surface area contributed by atoms with Crippen LogP contribution in [0.2, 0.25) is 0 Å². The van der Waals surface area contributed by atoms with Gasteiger partial charge >= 0.3 is 5.97 Å². The van der Waals surface area contributed by atoms with Gasteiger partial charge in [0.25, 0.3) is 0 Å². The van der Waals surface area contributed by atoms with Gasteiger partial charge in [-0.1, -0.05) is 6.07 Å². The van der Waals surface area contributed by atoms with Crippen molar-refractivity contribution in [3.63, 3.8) is 0 Å². The van der Waals surface area contributed by atoms with Crippen molar-refractivity contribution in [3.8, 4) is 0 Å². The van der Waals surface area contributed by atoms with Crippen LogP contribution in [0, 0.1) is 5.82 Å². The third kappa shape index (κ3) is 1.97. The molecule has 0 aliphatic rings. The van der Waals surface area contributed by atoms with E-state index in [1.54, 1.807) is 19.2 Å². The average Bonchev–Trinajstić information content (AvgIpc) is 2.37. The number of benzene rings is 1. The molecule has 0 aliphatic heterocycles. The molecule has 0 spiro atoms. The Morgan fingerprint density at radius 1 is 1.44 bits per heavy atom. The topological polar surface area (TPSA) is 66.3 Å². The number of anilines is 1. The number of likely N-dealkylation sites (N-methyl/N-ethyl adjacent to an activating group) is 1. The number of carboxylic acids is 1. The Morgan fingerprint density at radius 3 is 2.83 bits per heavy atom. The fraction of sp³-hybridized carbons (Fsp3) is 0.250. The summed E-state index contributed by atoms with van der Waals surface area (Å²) >= 11 is 0. The van der Waals surface area contributed by atoms with Crippen molar-refractivity contribution < 1.29 is 14.3 Å². The molecule has 6 heteroatoms. The summed E-state index contributed by atoms with van der Waals surface area (Å²) in [6, 6.07) is 3.76. The maximum Gasteiger partial charge on any atom is 0.326 e. The number of aliphatic carboxylic acids is 1. The minimum Gasteiger partial charge on any atom is -0.480 e. The molecule has 1 aromatic heterocycles. The molecular formula is C12H12FN3O2. The van der Waals surface area contributed by atoms with Gasteiger partial charge in [-0.05, 0) is 19.1 Å². The second-order valence-electron chi connectivity index (χ2n) is 3.96. The van der Waals surface area contributed by atoms with Crippen molar-refractivity contribution in [2.24, 2.45) is 0 Å². The third-order valence-corrected chi connectivity index (χ3v) is 2.87. The van der Waals surface area contributed by atoms with E-state index in [0.717, 1.165) is 0 Å². The molecule has 0 aliphatic carbocycles. The predicted molar refractivity (Wildman–Crippen MR) is 65.0 cm³/mol. The highest BCUT2D eigenvalue weighted by atomic mass is 19.1. The van der Waals surface area contributed by atoms with Gasteiger partial charge in [0.05, 0.1) is 0 Å². The van der Waals surface area contributed by atoms with Gasteiger partial charge in [-0.2, -0.15) is 0 Å². The third-order valence-electron chi connectivity index (χ3n) is 2.87. The van der Waals surface area contributed by atoms with Crippen LogP contribution in [0.5, 0.6) is 0 Å². The van der Waals surface area contributed by atoms with Crippen LogP contribution in [0.4, 0.5) is 10.2 Å². The zero-order chi connectivity index (χ0) is 13.3. The van der Waals surface area contributed by atoms with Gasteiger partial charge in [-0.3, -0.25) is 0 Å². The molecule has 1 atom stereocenters. The molecular weight excluding hydrogens is 237 g/mol. The summed E-state index contributed by atoms with van der Waals surface area (Å²) in [6.07, 6.45) is 1.23. The molecule has 0 amide bonds. The fourth-order valence-corrected chi connectivity index (χ4v) is 1.67. The fourth-order valence-electron chi connectivity index (χ4n) is 1.67. The molecule has 2 aromatic rings. The Bertz CT molecular complexity index is 603. The lowest BCUT2D eigenvalue weighted by molar-refractivity contribution is -0.138. The van der Waals surface area contributed by atoms with Crippen LogP contribution in [0.15, 0.2) is 24.5 Å². The molecule has 1 heterocycles. The van der Waals surface area contributed by atoms with Crippen molar-refractivity contribution in [2.45, 2.75) is 13.0 Å². The van der Waals surface area contributed by atoms with Gasteiger partial charge in [0.15, 0.2) is 0 Å². The number of carbonyl (C=O) groups is 1. The van der Waals surface area contributed by atoms with E-state index in [1.165, 1.54) is 24.2 Å². The molecule has 0 bridgehead atoms. The van der Waals surface area contributed by atoms with Gasteiger partial charge in [-0.25, -0.2) is 19.2 Å². The van der Waals surface area contributed by atoms with E-state index in [-0.39, 0.29) is 5.52 Å². The van der Waals surface area contributed by atoms with Crippen molar-refractivity contribution in [1.29, 1.82) is 0 Å². The van der Waals surface area contributed by atoms with Crippen molar-refractivity contribution >= 4 is 22.7 Å². The van der Waals surface area contributed by atoms with E-state index in [2.05, 4.69) is 9.97 Å². The van der Waals surface area contributed by atoms with E-state index in [1.807, 2.05) is 0 Å². The molecule has 0 saturated heterocycles. The van der Waals surface area contributed by atoms with E-state index in [4.69, 9.17) is 5.11 Å². The Labute approximate surface area is 103 Å². The maximum absolute atomic E-state index is 13.6. The van der Waals surface area contributed by atoms with Crippen LogP contribution in [-0.4, -0.2) is 34.1 Å². The number of para-hydroxylation sites is 1. The first kappa shape index (κ1) is 12.2. The highest BCUT2D eigenvalue weighted by Crippen LogP contribution is 2.24. The van der Waals surface area contributed by atoms with Gasteiger partial charge < -0.3 is 10.0 Å². The number of fused-ring (bicyclic) bond motifs is 1. The van der Waals surface area contributed by atoms with Gasteiger partial charge in [0.2, 0.25) is 0 Å². The average molecular weight is 249 g/mol.